The highest BCUT2D eigenvalue weighted by molar-refractivity contribution is 6.41. The average molecular weight is 338 g/mol. The lowest BCUT2D eigenvalue weighted by Crippen LogP contribution is -2.14. The molecular weight excluding hydrogens is 321 g/mol. The zero-order valence-electron chi connectivity index (χ0n) is 11.6. The third-order valence-corrected chi connectivity index (χ3v) is 2.98. The van der Waals surface area contributed by atoms with Crippen LogP contribution in [0.5, 0.6) is 0 Å². The molecule has 0 atom stereocenters. The maximum atomic E-state index is 11.7. The summed E-state index contributed by atoms with van der Waals surface area (Å²) >= 11 is 11.4. The molecule has 21 heavy (non-hydrogen) atoms. The number of pyridine rings is 1. The van der Waals surface area contributed by atoms with Gasteiger partial charge in [-0.2, -0.15) is 0 Å². The fourth-order valence-corrected chi connectivity index (χ4v) is 1.54. The van der Waals surface area contributed by atoms with E-state index in [1.807, 2.05) is 0 Å². The first kappa shape index (κ1) is 18.1. The van der Waals surface area contributed by atoms with E-state index >= 15 is 0 Å². The number of esters is 1. The molecule has 0 amide bonds. The Morgan fingerprint density at radius 1 is 1.10 bits per heavy atom. The van der Waals surface area contributed by atoms with Crippen molar-refractivity contribution < 1.29 is 23.7 Å². The standard InChI is InChI=1S/C13H17Cl2NO5/c1-18-2-3-19-4-5-20-6-7-21-13(17)10-8-11(14)12(15)16-9-10/h8-9H,2-7H2,1H3. The Morgan fingerprint density at radius 2 is 1.71 bits per heavy atom. The lowest BCUT2D eigenvalue weighted by atomic mass is 10.3. The molecule has 0 radical (unpaired) electrons. The minimum Gasteiger partial charge on any atom is -0.460 e. The second-order valence-corrected chi connectivity index (χ2v) is 4.62. The van der Waals surface area contributed by atoms with E-state index in [-0.39, 0.29) is 29.0 Å². The molecule has 1 rings (SSSR count). The Kier molecular flexibility index (Phi) is 9.29. The van der Waals surface area contributed by atoms with Gasteiger partial charge in [-0.05, 0) is 6.07 Å². The highest BCUT2D eigenvalue weighted by Crippen LogP contribution is 2.19. The van der Waals surface area contributed by atoms with Gasteiger partial charge in [0.1, 0.15) is 11.8 Å². The van der Waals surface area contributed by atoms with Gasteiger partial charge in [0.25, 0.3) is 0 Å². The van der Waals surface area contributed by atoms with Crippen LogP contribution in [0.25, 0.3) is 0 Å². The van der Waals surface area contributed by atoms with Crippen LogP contribution >= 0.6 is 23.2 Å². The summed E-state index contributed by atoms with van der Waals surface area (Å²) in [5.74, 6) is -0.527. The van der Waals surface area contributed by atoms with Crippen LogP contribution in [0.1, 0.15) is 10.4 Å². The summed E-state index contributed by atoms with van der Waals surface area (Å²) in [4.78, 5) is 15.4. The average Bonchev–Trinajstić information content (AvgIpc) is 2.48. The van der Waals surface area contributed by atoms with Crippen molar-refractivity contribution in [1.82, 2.24) is 4.98 Å². The van der Waals surface area contributed by atoms with Gasteiger partial charge < -0.3 is 18.9 Å². The van der Waals surface area contributed by atoms with Gasteiger partial charge in [0.15, 0.2) is 0 Å². The lowest BCUT2D eigenvalue weighted by molar-refractivity contribution is 0.00569. The summed E-state index contributed by atoms with van der Waals surface area (Å²) in [7, 11) is 1.61. The van der Waals surface area contributed by atoms with E-state index in [1.165, 1.54) is 12.3 Å². The summed E-state index contributed by atoms with van der Waals surface area (Å²) in [5, 5.41) is 0.348. The minimum absolute atomic E-state index is 0.136. The second-order valence-electron chi connectivity index (χ2n) is 3.85. The summed E-state index contributed by atoms with van der Waals surface area (Å²) in [6.45, 7) is 2.39. The van der Waals surface area contributed by atoms with Crippen molar-refractivity contribution >= 4 is 29.2 Å². The molecule has 0 aliphatic rings. The fraction of sp³-hybridized carbons (Fsp3) is 0.538. The quantitative estimate of drug-likeness (QED) is 0.370. The van der Waals surface area contributed by atoms with Gasteiger partial charge in [0.2, 0.25) is 0 Å². The molecule has 0 saturated heterocycles. The Labute approximate surface area is 133 Å². The zero-order chi connectivity index (χ0) is 15.5. The SMILES string of the molecule is COCCOCCOCCOC(=O)c1cnc(Cl)c(Cl)c1. The maximum Gasteiger partial charge on any atom is 0.339 e. The van der Waals surface area contributed by atoms with Gasteiger partial charge in [-0.3, -0.25) is 0 Å². The number of carbonyl (C=O) groups excluding carboxylic acids is 1. The van der Waals surface area contributed by atoms with E-state index in [2.05, 4.69) is 4.98 Å². The smallest absolute Gasteiger partial charge is 0.339 e. The molecule has 0 N–H and O–H groups in total. The van der Waals surface area contributed by atoms with E-state index in [0.717, 1.165) is 0 Å². The Morgan fingerprint density at radius 3 is 2.33 bits per heavy atom. The number of nitrogens with zero attached hydrogens (tertiary/aromatic N) is 1. The van der Waals surface area contributed by atoms with Gasteiger partial charge in [0, 0.05) is 13.3 Å². The molecule has 8 heteroatoms. The molecule has 1 aromatic rings. The molecule has 0 fully saturated rings. The van der Waals surface area contributed by atoms with Crippen molar-refractivity contribution in [2.45, 2.75) is 0 Å². The highest BCUT2D eigenvalue weighted by atomic mass is 35.5. The summed E-state index contributed by atoms with van der Waals surface area (Å²) in [6.07, 6.45) is 1.31. The summed E-state index contributed by atoms with van der Waals surface area (Å²) in [5.41, 5.74) is 0.243. The Balaban J connectivity index is 2.09. The maximum absolute atomic E-state index is 11.7. The van der Waals surface area contributed by atoms with Crippen molar-refractivity contribution in [3.8, 4) is 0 Å². The van der Waals surface area contributed by atoms with Crippen LogP contribution in [-0.2, 0) is 18.9 Å². The fourth-order valence-electron chi connectivity index (χ4n) is 1.27. The van der Waals surface area contributed by atoms with Crippen molar-refractivity contribution in [1.29, 1.82) is 0 Å². The van der Waals surface area contributed by atoms with Crippen LogP contribution in [0.2, 0.25) is 10.2 Å². The van der Waals surface area contributed by atoms with Crippen molar-refractivity contribution in [2.75, 3.05) is 46.8 Å². The third-order valence-electron chi connectivity index (χ3n) is 2.30. The van der Waals surface area contributed by atoms with E-state index < -0.39 is 5.97 Å². The normalized spacial score (nSPS) is 10.6. The number of aromatic nitrogens is 1. The summed E-state index contributed by atoms with van der Waals surface area (Å²) in [6, 6.07) is 1.41. The van der Waals surface area contributed by atoms with Gasteiger partial charge >= 0.3 is 5.97 Å². The van der Waals surface area contributed by atoms with Crippen LogP contribution in [0, 0.1) is 0 Å². The molecule has 118 valence electrons. The first-order valence-corrected chi connectivity index (χ1v) is 7.03. The Bertz CT molecular complexity index is 445. The molecule has 1 heterocycles. The van der Waals surface area contributed by atoms with Crippen molar-refractivity contribution in [2.24, 2.45) is 0 Å². The Hall–Kier alpha value is -0.920. The molecule has 0 aliphatic carbocycles. The van der Waals surface area contributed by atoms with Crippen LogP contribution in [0.15, 0.2) is 12.3 Å². The van der Waals surface area contributed by atoms with Crippen LogP contribution < -0.4 is 0 Å². The second kappa shape index (κ2) is 10.8. The van der Waals surface area contributed by atoms with Gasteiger partial charge in [-0.15, -0.1) is 0 Å². The third kappa shape index (κ3) is 7.59. The van der Waals surface area contributed by atoms with Crippen molar-refractivity contribution in [3.05, 3.63) is 28.0 Å². The number of rotatable bonds is 10. The number of hydrogen-bond acceptors (Lipinski definition) is 6. The van der Waals surface area contributed by atoms with Gasteiger partial charge in [-0.25, -0.2) is 9.78 Å². The molecule has 0 unspecified atom stereocenters. The molecule has 1 aromatic heterocycles. The largest absolute Gasteiger partial charge is 0.460 e. The summed E-state index contributed by atoms with van der Waals surface area (Å²) < 4.78 is 20.3. The topological polar surface area (TPSA) is 66.9 Å². The number of methoxy groups -OCH3 is 1. The van der Waals surface area contributed by atoms with E-state index in [0.29, 0.717) is 26.4 Å². The molecule has 0 spiro atoms. The first-order chi connectivity index (χ1) is 10.1. The molecule has 0 bridgehead atoms. The monoisotopic (exact) mass is 337 g/mol. The zero-order valence-corrected chi connectivity index (χ0v) is 13.2. The molecular formula is C13H17Cl2NO5. The molecule has 0 saturated carbocycles. The predicted octanol–water partition coefficient (Wildman–Crippen LogP) is 2.22. The van der Waals surface area contributed by atoms with E-state index in [4.69, 9.17) is 42.1 Å². The minimum atomic E-state index is -0.527. The van der Waals surface area contributed by atoms with E-state index in [1.54, 1.807) is 7.11 Å². The molecule has 0 aliphatic heterocycles. The number of hydrogen-bond donors (Lipinski definition) is 0. The van der Waals surface area contributed by atoms with Gasteiger partial charge in [0.05, 0.1) is 43.6 Å². The van der Waals surface area contributed by atoms with Gasteiger partial charge in [-0.1, -0.05) is 23.2 Å². The number of ether oxygens (including phenoxy) is 4. The number of halogens is 2. The van der Waals surface area contributed by atoms with E-state index in [9.17, 15) is 4.79 Å². The first-order valence-electron chi connectivity index (χ1n) is 6.27. The van der Waals surface area contributed by atoms with Crippen LogP contribution in [0.4, 0.5) is 0 Å². The lowest BCUT2D eigenvalue weighted by Gasteiger charge is -2.07. The number of carbonyl (C=O) groups is 1. The van der Waals surface area contributed by atoms with Crippen molar-refractivity contribution in [3.63, 3.8) is 0 Å². The predicted molar refractivity (Wildman–Crippen MR) is 78.1 cm³/mol. The van der Waals surface area contributed by atoms with Crippen LogP contribution in [-0.4, -0.2) is 57.7 Å². The molecule has 0 aromatic carbocycles. The van der Waals surface area contributed by atoms with Crippen LogP contribution in [0.3, 0.4) is 0 Å². The molecule has 6 nitrogen and oxygen atoms in total. The highest BCUT2D eigenvalue weighted by Gasteiger charge is 2.10.